The number of hydrogen-bond acceptors (Lipinski definition) is 5. The molecule has 1 aromatic carbocycles. The lowest BCUT2D eigenvalue weighted by atomic mass is 10.0. The van der Waals surface area contributed by atoms with Crippen molar-refractivity contribution in [2.75, 3.05) is 20.2 Å². The van der Waals surface area contributed by atoms with Crippen molar-refractivity contribution in [3.05, 3.63) is 36.2 Å². The van der Waals surface area contributed by atoms with Crippen molar-refractivity contribution < 1.29 is 14.3 Å². The molecule has 134 valence electrons. The molecule has 7 heteroatoms. The van der Waals surface area contributed by atoms with Crippen molar-refractivity contribution in [1.29, 1.82) is 0 Å². The minimum atomic E-state index is 0.0964. The number of carbonyl (C=O) groups excluding carboxylic acids is 1. The number of nitrogens with zero attached hydrogens (tertiary/aromatic N) is 4. The van der Waals surface area contributed by atoms with Gasteiger partial charge in [0, 0.05) is 13.1 Å². The van der Waals surface area contributed by atoms with Crippen molar-refractivity contribution in [3.8, 4) is 11.5 Å². The number of piperidine rings is 1. The van der Waals surface area contributed by atoms with Crippen LogP contribution in [0.3, 0.4) is 0 Å². The largest absolute Gasteiger partial charge is 0.497 e. The van der Waals surface area contributed by atoms with Gasteiger partial charge >= 0.3 is 0 Å². The van der Waals surface area contributed by atoms with Gasteiger partial charge in [-0.25, -0.2) is 4.68 Å². The summed E-state index contributed by atoms with van der Waals surface area (Å²) in [6, 6.07) is 7.35. The predicted molar refractivity (Wildman–Crippen MR) is 92.3 cm³/mol. The number of carbonyl (C=O) groups is 1. The highest BCUT2D eigenvalue weighted by molar-refractivity contribution is 5.76. The van der Waals surface area contributed by atoms with Crippen molar-refractivity contribution >= 4 is 5.91 Å². The first-order chi connectivity index (χ1) is 12.1. The van der Waals surface area contributed by atoms with Crippen LogP contribution < -0.4 is 9.47 Å². The first kappa shape index (κ1) is 17.3. The summed E-state index contributed by atoms with van der Waals surface area (Å²) in [5, 5.41) is 8.10. The van der Waals surface area contributed by atoms with E-state index < -0.39 is 0 Å². The monoisotopic (exact) mass is 344 g/mol. The number of hydrogen-bond donors (Lipinski definition) is 0. The van der Waals surface area contributed by atoms with E-state index in [1.807, 2.05) is 29.2 Å². The van der Waals surface area contributed by atoms with Crippen molar-refractivity contribution in [3.63, 3.8) is 0 Å². The van der Waals surface area contributed by atoms with E-state index in [4.69, 9.17) is 9.47 Å². The Hall–Kier alpha value is -2.57. The fourth-order valence-corrected chi connectivity index (χ4v) is 2.97. The summed E-state index contributed by atoms with van der Waals surface area (Å²) in [5.74, 6) is 2.18. The Bertz CT molecular complexity index is 699. The average Bonchev–Trinajstić information content (AvgIpc) is 3.08. The van der Waals surface area contributed by atoms with E-state index >= 15 is 0 Å². The summed E-state index contributed by atoms with van der Waals surface area (Å²) in [6.07, 6.45) is 4.03. The Labute approximate surface area is 147 Å². The Morgan fingerprint density at radius 2 is 2.04 bits per heavy atom. The highest BCUT2D eigenvalue weighted by atomic mass is 16.5. The maximum absolute atomic E-state index is 12.4. The molecule has 1 aliphatic heterocycles. The van der Waals surface area contributed by atoms with E-state index in [1.165, 1.54) is 6.42 Å². The molecule has 0 aliphatic carbocycles. The molecule has 0 saturated carbocycles. The first-order valence-corrected chi connectivity index (χ1v) is 8.57. The summed E-state index contributed by atoms with van der Waals surface area (Å²) in [5.41, 5.74) is 0.690. The third-order valence-electron chi connectivity index (χ3n) is 4.34. The molecule has 7 nitrogen and oxygen atoms in total. The molecule has 0 spiro atoms. The maximum Gasteiger partial charge on any atom is 0.244 e. The van der Waals surface area contributed by atoms with Gasteiger partial charge in [-0.05, 0) is 43.0 Å². The number of likely N-dealkylation sites (tertiary alicyclic amines) is 1. The van der Waals surface area contributed by atoms with Gasteiger partial charge in [0.15, 0.2) is 0 Å². The van der Waals surface area contributed by atoms with E-state index in [0.717, 1.165) is 31.0 Å². The third-order valence-corrected chi connectivity index (χ3v) is 4.34. The topological polar surface area (TPSA) is 69.5 Å². The molecule has 1 aromatic heterocycles. The molecule has 1 aliphatic rings. The number of ether oxygens (including phenoxy) is 2. The van der Waals surface area contributed by atoms with Crippen LogP contribution >= 0.6 is 0 Å². The van der Waals surface area contributed by atoms with Gasteiger partial charge in [-0.2, -0.15) is 0 Å². The summed E-state index contributed by atoms with van der Waals surface area (Å²) in [6.45, 7) is 4.39. The normalized spacial score (nSPS) is 17.4. The van der Waals surface area contributed by atoms with Crippen LogP contribution in [0.1, 0.15) is 25.5 Å². The summed E-state index contributed by atoms with van der Waals surface area (Å²) in [4.78, 5) is 14.3. The van der Waals surface area contributed by atoms with Crippen LogP contribution in [-0.2, 0) is 17.9 Å². The summed E-state index contributed by atoms with van der Waals surface area (Å²) < 4.78 is 12.4. The quantitative estimate of drug-likeness (QED) is 0.803. The van der Waals surface area contributed by atoms with Crippen molar-refractivity contribution in [1.82, 2.24) is 19.9 Å². The number of amides is 1. The van der Waals surface area contributed by atoms with Crippen LogP contribution in [0.5, 0.6) is 11.5 Å². The van der Waals surface area contributed by atoms with E-state index in [-0.39, 0.29) is 12.5 Å². The van der Waals surface area contributed by atoms with Gasteiger partial charge in [0.2, 0.25) is 5.91 Å². The molecule has 1 amide bonds. The van der Waals surface area contributed by atoms with Gasteiger partial charge in [0.1, 0.15) is 30.3 Å². The number of aromatic nitrogens is 3. The second-order valence-electron chi connectivity index (χ2n) is 6.46. The Kier molecular flexibility index (Phi) is 5.53. The predicted octanol–water partition coefficient (Wildman–Crippen LogP) is 2.12. The molecule has 2 heterocycles. The highest BCUT2D eigenvalue weighted by Crippen LogP contribution is 2.18. The lowest BCUT2D eigenvalue weighted by molar-refractivity contribution is -0.133. The van der Waals surface area contributed by atoms with Crippen molar-refractivity contribution in [2.24, 2.45) is 5.92 Å². The highest BCUT2D eigenvalue weighted by Gasteiger charge is 2.21. The van der Waals surface area contributed by atoms with Crippen LogP contribution in [-0.4, -0.2) is 46.0 Å². The number of rotatable bonds is 6. The van der Waals surface area contributed by atoms with E-state index in [0.29, 0.717) is 18.2 Å². The molecule has 0 unspecified atom stereocenters. The zero-order valence-corrected chi connectivity index (χ0v) is 14.7. The molecule has 25 heavy (non-hydrogen) atoms. The molecule has 1 saturated heterocycles. The first-order valence-electron chi connectivity index (χ1n) is 8.57. The van der Waals surface area contributed by atoms with Gasteiger partial charge in [0.05, 0.1) is 13.3 Å². The third kappa shape index (κ3) is 4.71. The fourth-order valence-electron chi connectivity index (χ4n) is 2.97. The molecule has 1 atom stereocenters. The lowest BCUT2D eigenvalue weighted by Gasteiger charge is -2.30. The maximum atomic E-state index is 12.4. The second-order valence-corrected chi connectivity index (χ2v) is 6.46. The zero-order valence-electron chi connectivity index (χ0n) is 14.7. The van der Waals surface area contributed by atoms with E-state index in [1.54, 1.807) is 18.0 Å². The minimum Gasteiger partial charge on any atom is -0.497 e. The molecule has 2 aromatic rings. The number of methoxy groups -OCH3 is 1. The molecular weight excluding hydrogens is 320 g/mol. The average molecular weight is 344 g/mol. The minimum absolute atomic E-state index is 0.0964. The zero-order chi connectivity index (χ0) is 17.6. The lowest BCUT2D eigenvalue weighted by Crippen LogP contribution is -2.40. The van der Waals surface area contributed by atoms with Crippen LogP contribution in [0.2, 0.25) is 0 Å². The van der Waals surface area contributed by atoms with Crippen molar-refractivity contribution in [2.45, 2.75) is 32.9 Å². The van der Waals surface area contributed by atoms with Crippen LogP contribution in [0.15, 0.2) is 30.5 Å². The summed E-state index contributed by atoms with van der Waals surface area (Å²) in [7, 11) is 1.63. The molecule has 0 N–H and O–H groups in total. The molecule has 3 rings (SSSR count). The standard InChI is InChI=1S/C18H24N4O3/c1-14-4-3-9-21(10-14)18(23)12-22-11-15(19-20-22)13-25-17-7-5-16(24-2)6-8-17/h5-8,11,14H,3-4,9-10,12-13H2,1-2H3/t14-/m0/s1. The van der Waals surface area contributed by atoms with Gasteiger partial charge in [-0.1, -0.05) is 12.1 Å². The molecular formula is C18H24N4O3. The summed E-state index contributed by atoms with van der Waals surface area (Å²) >= 11 is 0. The Balaban J connectivity index is 1.50. The SMILES string of the molecule is COc1ccc(OCc2cn(CC(=O)N3CCC[C@H](C)C3)nn2)cc1. The number of benzene rings is 1. The molecule has 0 radical (unpaired) electrons. The Morgan fingerprint density at radius 3 is 2.76 bits per heavy atom. The van der Waals surface area contributed by atoms with Gasteiger partial charge in [0.25, 0.3) is 0 Å². The van der Waals surface area contributed by atoms with Crippen LogP contribution in [0.25, 0.3) is 0 Å². The Morgan fingerprint density at radius 1 is 1.28 bits per heavy atom. The van der Waals surface area contributed by atoms with E-state index in [9.17, 15) is 4.79 Å². The van der Waals surface area contributed by atoms with Crippen LogP contribution in [0.4, 0.5) is 0 Å². The smallest absolute Gasteiger partial charge is 0.244 e. The van der Waals surface area contributed by atoms with Gasteiger partial charge < -0.3 is 14.4 Å². The van der Waals surface area contributed by atoms with E-state index in [2.05, 4.69) is 17.2 Å². The van der Waals surface area contributed by atoms with Gasteiger partial charge in [-0.3, -0.25) is 4.79 Å². The molecule has 1 fully saturated rings. The molecule has 0 bridgehead atoms. The van der Waals surface area contributed by atoms with Gasteiger partial charge in [-0.15, -0.1) is 5.10 Å². The van der Waals surface area contributed by atoms with Crippen LogP contribution in [0, 0.1) is 5.92 Å². The second kappa shape index (κ2) is 8.00. The fraction of sp³-hybridized carbons (Fsp3) is 0.500.